The van der Waals surface area contributed by atoms with Crippen LogP contribution in [0.25, 0.3) is 0 Å². The lowest BCUT2D eigenvalue weighted by Crippen LogP contribution is -2.46. The van der Waals surface area contributed by atoms with E-state index in [9.17, 15) is 4.79 Å². The first kappa shape index (κ1) is 16.4. The van der Waals surface area contributed by atoms with Crippen molar-refractivity contribution in [3.05, 3.63) is 30.4 Å². The normalized spacial score (nSPS) is 20.6. The van der Waals surface area contributed by atoms with Gasteiger partial charge in [0.15, 0.2) is 0 Å². The van der Waals surface area contributed by atoms with E-state index in [0.717, 1.165) is 25.7 Å². The van der Waals surface area contributed by atoms with E-state index in [1.165, 1.54) is 12.8 Å². The molecule has 0 aliphatic carbocycles. The standard InChI is InChI=1S/C14H19I2N3O/c1-8(19-11-4-2-3-7-18-11)12-9(14(17)20)5-6-10(15)13(12)16/h5-6,8,11,18-19H,2-4,7H2,1H3,(H2,17,20). The fraction of sp³-hybridized carbons (Fsp3) is 0.500. The molecule has 0 aromatic heterocycles. The highest BCUT2D eigenvalue weighted by Gasteiger charge is 2.22. The smallest absolute Gasteiger partial charge is 0.249 e. The molecule has 1 aliphatic heterocycles. The predicted molar refractivity (Wildman–Crippen MR) is 97.6 cm³/mol. The molecule has 1 aromatic rings. The number of nitrogens with two attached hydrogens (primary N) is 1. The maximum absolute atomic E-state index is 11.7. The van der Waals surface area contributed by atoms with Crippen molar-refractivity contribution in [2.24, 2.45) is 5.73 Å². The highest BCUT2D eigenvalue weighted by atomic mass is 127. The van der Waals surface area contributed by atoms with Gasteiger partial charge < -0.3 is 11.1 Å². The maximum atomic E-state index is 11.7. The summed E-state index contributed by atoms with van der Waals surface area (Å²) in [6, 6.07) is 3.86. The monoisotopic (exact) mass is 499 g/mol. The predicted octanol–water partition coefficient (Wildman–Crippen LogP) is 2.74. The Morgan fingerprint density at radius 3 is 2.80 bits per heavy atom. The Morgan fingerprint density at radius 1 is 1.45 bits per heavy atom. The second kappa shape index (κ2) is 7.37. The van der Waals surface area contributed by atoms with Crippen LogP contribution in [0.4, 0.5) is 0 Å². The van der Waals surface area contributed by atoms with E-state index in [1.807, 2.05) is 12.1 Å². The van der Waals surface area contributed by atoms with E-state index in [4.69, 9.17) is 5.73 Å². The molecule has 4 N–H and O–H groups in total. The summed E-state index contributed by atoms with van der Waals surface area (Å²) in [7, 11) is 0. The highest BCUT2D eigenvalue weighted by molar-refractivity contribution is 14.1. The Morgan fingerprint density at radius 2 is 2.20 bits per heavy atom. The summed E-state index contributed by atoms with van der Waals surface area (Å²) in [6.45, 7) is 3.15. The van der Waals surface area contributed by atoms with E-state index in [-0.39, 0.29) is 11.9 Å². The van der Waals surface area contributed by atoms with Gasteiger partial charge in [0.05, 0.1) is 6.17 Å². The van der Waals surface area contributed by atoms with Gasteiger partial charge in [-0.15, -0.1) is 0 Å². The van der Waals surface area contributed by atoms with Crippen molar-refractivity contribution < 1.29 is 4.79 Å². The molecule has 1 fully saturated rings. The Hall–Kier alpha value is 0.0700. The molecule has 110 valence electrons. The summed E-state index contributed by atoms with van der Waals surface area (Å²) in [5, 5.41) is 7.04. The van der Waals surface area contributed by atoms with Gasteiger partial charge in [0.1, 0.15) is 0 Å². The minimum atomic E-state index is -0.362. The molecule has 2 unspecified atom stereocenters. The molecule has 6 heteroatoms. The molecule has 1 aromatic carbocycles. The van der Waals surface area contributed by atoms with Gasteiger partial charge in [0.2, 0.25) is 5.91 Å². The van der Waals surface area contributed by atoms with Gasteiger partial charge in [-0.1, -0.05) is 0 Å². The van der Waals surface area contributed by atoms with Crippen molar-refractivity contribution in [1.29, 1.82) is 0 Å². The van der Waals surface area contributed by atoms with Gasteiger partial charge >= 0.3 is 0 Å². The molecule has 1 amide bonds. The van der Waals surface area contributed by atoms with Gasteiger partial charge in [0.25, 0.3) is 0 Å². The van der Waals surface area contributed by atoms with Crippen molar-refractivity contribution in [3.8, 4) is 0 Å². The average Bonchev–Trinajstić information content (AvgIpc) is 2.42. The number of amides is 1. The van der Waals surface area contributed by atoms with E-state index in [1.54, 1.807) is 0 Å². The minimum absolute atomic E-state index is 0.0923. The number of hydrogen-bond donors (Lipinski definition) is 3. The lowest BCUT2D eigenvalue weighted by atomic mass is 10.00. The van der Waals surface area contributed by atoms with Crippen LogP contribution in [-0.2, 0) is 0 Å². The van der Waals surface area contributed by atoms with Crippen LogP contribution in [0.15, 0.2) is 12.1 Å². The molecular weight excluding hydrogens is 480 g/mol. The molecule has 1 saturated heterocycles. The molecule has 4 nitrogen and oxygen atoms in total. The van der Waals surface area contributed by atoms with E-state index in [2.05, 4.69) is 62.7 Å². The second-order valence-electron chi connectivity index (χ2n) is 5.08. The lowest BCUT2D eigenvalue weighted by molar-refractivity contribution is 0.0998. The first-order valence-corrected chi connectivity index (χ1v) is 8.93. The van der Waals surface area contributed by atoms with Gasteiger partial charge in [-0.05, 0) is 95.6 Å². The molecule has 0 bridgehead atoms. The molecule has 1 aliphatic rings. The van der Waals surface area contributed by atoms with Crippen molar-refractivity contribution in [3.63, 3.8) is 0 Å². The molecule has 1 heterocycles. The number of primary amides is 1. The van der Waals surface area contributed by atoms with Crippen LogP contribution >= 0.6 is 45.2 Å². The third kappa shape index (κ3) is 3.83. The fourth-order valence-electron chi connectivity index (χ4n) is 2.58. The minimum Gasteiger partial charge on any atom is -0.366 e. The summed E-state index contributed by atoms with van der Waals surface area (Å²) in [4.78, 5) is 11.7. The van der Waals surface area contributed by atoms with E-state index in [0.29, 0.717) is 11.7 Å². The van der Waals surface area contributed by atoms with Crippen LogP contribution in [0, 0.1) is 7.14 Å². The zero-order chi connectivity index (χ0) is 14.7. The zero-order valence-electron chi connectivity index (χ0n) is 11.4. The third-order valence-corrected chi connectivity index (χ3v) is 6.69. The van der Waals surface area contributed by atoms with Crippen LogP contribution in [0.1, 0.15) is 48.1 Å². The number of benzene rings is 1. The Kier molecular flexibility index (Phi) is 6.06. The summed E-state index contributed by atoms with van der Waals surface area (Å²) < 4.78 is 2.25. The topological polar surface area (TPSA) is 67.2 Å². The van der Waals surface area contributed by atoms with Crippen LogP contribution < -0.4 is 16.4 Å². The van der Waals surface area contributed by atoms with Crippen LogP contribution in [0.5, 0.6) is 0 Å². The van der Waals surface area contributed by atoms with Crippen molar-refractivity contribution >= 4 is 51.1 Å². The maximum Gasteiger partial charge on any atom is 0.249 e. The summed E-state index contributed by atoms with van der Waals surface area (Å²) in [5.74, 6) is -0.362. The van der Waals surface area contributed by atoms with Crippen molar-refractivity contribution in [2.75, 3.05) is 6.54 Å². The van der Waals surface area contributed by atoms with E-state index >= 15 is 0 Å². The SMILES string of the molecule is CC(NC1CCCCN1)c1c(C(N)=O)ccc(I)c1I. The molecule has 2 atom stereocenters. The van der Waals surface area contributed by atoms with Gasteiger partial charge in [-0.25, -0.2) is 0 Å². The summed E-state index contributed by atoms with van der Waals surface area (Å²) in [5.41, 5.74) is 7.14. The number of carbonyl (C=O) groups excluding carboxylic acids is 1. The van der Waals surface area contributed by atoms with Gasteiger partial charge in [-0.2, -0.15) is 0 Å². The largest absolute Gasteiger partial charge is 0.366 e. The first-order chi connectivity index (χ1) is 9.50. The molecule has 2 rings (SSSR count). The number of hydrogen-bond acceptors (Lipinski definition) is 3. The second-order valence-corrected chi connectivity index (χ2v) is 7.32. The van der Waals surface area contributed by atoms with Gasteiger partial charge in [0, 0.05) is 18.7 Å². The first-order valence-electron chi connectivity index (χ1n) is 6.78. The van der Waals surface area contributed by atoms with Crippen LogP contribution in [-0.4, -0.2) is 18.6 Å². The lowest BCUT2D eigenvalue weighted by Gasteiger charge is -2.29. The fourth-order valence-corrected chi connectivity index (χ4v) is 3.99. The molecule has 20 heavy (non-hydrogen) atoms. The molecular formula is C14H19I2N3O. The quantitative estimate of drug-likeness (QED) is 0.559. The number of piperidine rings is 1. The molecule has 0 radical (unpaired) electrons. The van der Waals surface area contributed by atoms with Crippen LogP contribution in [0.2, 0.25) is 0 Å². The number of halogens is 2. The third-order valence-electron chi connectivity index (χ3n) is 3.59. The average molecular weight is 499 g/mol. The van der Waals surface area contributed by atoms with Gasteiger partial charge in [-0.3, -0.25) is 10.1 Å². The number of carbonyl (C=O) groups is 1. The summed E-state index contributed by atoms with van der Waals surface area (Å²) >= 11 is 4.59. The number of nitrogens with one attached hydrogen (secondary N) is 2. The summed E-state index contributed by atoms with van der Waals surface area (Å²) in [6.07, 6.45) is 3.91. The Balaban J connectivity index is 2.25. The molecule has 0 spiro atoms. The van der Waals surface area contributed by atoms with E-state index < -0.39 is 0 Å². The van der Waals surface area contributed by atoms with Crippen molar-refractivity contribution in [1.82, 2.24) is 10.6 Å². The highest BCUT2D eigenvalue weighted by Crippen LogP contribution is 2.28. The zero-order valence-corrected chi connectivity index (χ0v) is 15.7. The van der Waals surface area contributed by atoms with Crippen molar-refractivity contribution in [2.45, 2.75) is 38.4 Å². The van der Waals surface area contributed by atoms with Crippen LogP contribution in [0.3, 0.4) is 0 Å². The number of rotatable bonds is 4. The Labute approximate surface area is 146 Å². The molecule has 0 saturated carbocycles. The Bertz CT molecular complexity index is 501.